The Labute approximate surface area is 144 Å². The molecule has 2 aliphatic rings. The normalized spacial score (nSPS) is 32.0. The van der Waals surface area contributed by atoms with Crippen molar-refractivity contribution in [2.24, 2.45) is 0 Å². The number of carbonyl (C=O) groups is 3. The fraction of sp³-hybridized carbons (Fsp3) is 0.800. The molecule has 0 aromatic carbocycles. The van der Waals surface area contributed by atoms with Gasteiger partial charge in [-0.1, -0.05) is 11.8 Å². The third-order valence-corrected chi connectivity index (χ3v) is 4.50. The van der Waals surface area contributed by atoms with Crippen LogP contribution in [0.3, 0.4) is 0 Å². The van der Waals surface area contributed by atoms with Gasteiger partial charge < -0.3 is 23.7 Å². The molecule has 0 spiro atoms. The highest BCUT2D eigenvalue weighted by molar-refractivity contribution is 8.14. The summed E-state index contributed by atoms with van der Waals surface area (Å²) < 4.78 is 27.7. The average molecular weight is 362 g/mol. The molecule has 0 radical (unpaired) electrons. The highest BCUT2D eigenvalue weighted by atomic mass is 32.2. The van der Waals surface area contributed by atoms with E-state index in [1.807, 2.05) is 0 Å². The first kappa shape index (κ1) is 19.2. The van der Waals surface area contributed by atoms with Gasteiger partial charge in [-0.2, -0.15) is 0 Å². The molecule has 0 aromatic rings. The van der Waals surface area contributed by atoms with E-state index >= 15 is 0 Å². The Morgan fingerprint density at radius 1 is 1.12 bits per heavy atom. The summed E-state index contributed by atoms with van der Waals surface area (Å²) in [5.74, 6) is -1.83. The fourth-order valence-electron chi connectivity index (χ4n) is 2.74. The lowest BCUT2D eigenvalue weighted by Crippen LogP contribution is -2.44. The van der Waals surface area contributed by atoms with E-state index in [9.17, 15) is 14.4 Å². The van der Waals surface area contributed by atoms with Crippen LogP contribution < -0.4 is 0 Å². The van der Waals surface area contributed by atoms with Crippen molar-refractivity contribution in [1.29, 1.82) is 0 Å². The van der Waals surface area contributed by atoms with E-state index < -0.39 is 47.6 Å². The molecule has 2 rings (SSSR count). The molecule has 5 atom stereocenters. The van der Waals surface area contributed by atoms with Gasteiger partial charge in [-0.25, -0.2) is 0 Å². The van der Waals surface area contributed by atoms with Crippen molar-refractivity contribution in [3.63, 3.8) is 0 Å². The Bertz CT molecular complexity index is 520. The fourth-order valence-corrected chi connectivity index (χ4v) is 3.65. The predicted molar refractivity (Wildman–Crippen MR) is 82.9 cm³/mol. The summed E-state index contributed by atoms with van der Waals surface area (Å²) in [5.41, 5.74) is 0. The zero-order valence-corrected chi connectivity index (χ0v) is 15.1. The second kappa shape index (κ2) is 7.38. The number of rotatable bonds is 5. The van der Waals surface area contributed by atoms with Gasteiger partial charge in [-0.05, 0) is 13.8 Å². The maximum atomic E-state index is 11.5. The predicted octanol–water partition coefficient (Wildman–Crippen LogP) is 1.01. The molecule has 24 heavy (non-hydrogen) atoms. The van der Waals surface area contributed by atoms with Crippen molar-refractivity contribution in [2.75, 3.05) is 6.61 Å². The summed E-state index contributed by atoms with van der Waals surface area (Å²) in [6, 6.07) is 0. The van der Waals surface area contributed by atoms with E-state index in [0.717, 1.165) is 11.8 Å². The maximum Gasteiger partial charge on any atom is 0.303 e. The summed E-state index contributed by atoms with van der Waals surface area (Å²) in [5, 5.41) is -0.715. The number of hydrogen-bond donors (Lipinski definition) is 0. The number of esters is 2. The highest BCUT2D eigenvalue weighted by Crippen LogP contribution is 2.41. The van der Waals surface area contributed by atoms with Gasteiger partial charge in [0, 0.05) is 20.8 Å². The third-order valence-electron chi connectivity index (χ3n) is 3.46. The van der Waals surface area contributed by atoms with E-state index in [1.165, 1.54) is 20.8 Å². The summed E-state index contributed by atoms with van der Waals surface area (Å²) in [6.07, 6.45) is -2.79. The molecule has 8 nitrogen and oxygen atoms in total. The molecule has 0 bridgehead atoms. The quantitative estimate of drug-likeness (QED) is 0.664. The van der Waals surface area contributed by atoms with Gasteiger partial charge in [-0.15, -0.1) is 0 Å². The Kier molecular flexibility index (Phi) is 5.90. The van der Waals surface area contributed by atoms with Gasteiger partial charge in [0.2, 0.25) is 0 Å². The van der Waals surface area contributed by atoms with Crippen LogP contribution in [-0.4, -0.2) is 59.3 Å². The van der Waals surface area contributed by atoms with Crippen molar-refractivity contribution in [1.82, 2.24) is 0 Å². The molecule has 0 aromatic heterocycles. The molecule has 2 heterocycles. The first-order valence-corrected chi connectivity index (χ1v) is 8.46. The largest absolute Gasteiger partial charge is 0.465 e. The molecule has 0 aliphatic carbocycles. The maximum absolute atomic E-state index is 11.5. The van der Waals surface area contributed by atoms with Crippen LogP contribution >= 0.6 is 11.8 Å². The first-order chi connectivity index (χ1) is 11.1. The Morgan fingerprint density at radius 2 is 1.79 bits per heavy atom. The van der Waals surface area contributed by atoms with E-state index in [0.29, 0.717) is 0 Å². The van der Waals surface area contributed by atoms with Crippen LogP contribution in [0.1, 0.15) is 34.6 Å². The van der Waals surface area contributed by atoms with E-state index in [1.54, 1.807) is 13.8 Å². The van der Waals surface area contributed by atoms with Crippen molar-refractivity contribution in [2.45, 2.75) is 70.3 Å². The minimum atomic E-state index is -0.863. The Hall–Kier alpha value is -1.16. The van der Waals surface area contributed by atoms with Gasteiger partial charge in [0.15, 0.2) is 29.4 Å². The molecule has 0 amide bonds. The summed E-state index contributed by atoms with van der Waals surface area (Å²) in [4.78, 5) is 34.1. The van der Waals surface area contributed by atoms with Crippen molar-refractivity contribution in [3.05, 3.63) is 0 Å². The van der Waals surface area contributed by atoms with Crippen molar-refractivity contribution < 1.29 is 38.1 Å². The minimum absolute atomic E-state index is 0.0507. The summed E-state index contributed by atoms with van der Waals surface area (Å²) >= 11 is 0.965. The van der Waals surface area contributed by atoms with Crippen molar-refractivity contribution in [3.8, 4) is 0 Å². The van der Waals surface area contributed by atoms with Crippen LogP contribution in [0.5, 0.6) is 0 Å². The van der Waals surface area contributed by atoms with Crippen LogP contribution in [-0.2, 0) is 38.1 Å². The summed E-state index contributed by atoms with van der Waals surface area (Å²) in [6.45, 7) is 7.37. The van der Waals surface area contributed by atoms with Crippen LogP contribution in [0.15, 0.2) is 0 Å². The number of carbonyl (C=O) groups excluding carboxylic acids is 3. The Morgan fingerprint density at radius 3 is 2.33 bits per heavy atom. The monoisotopic (exact) mass is 362 g/mol. The smallest absolute Gasteiger partial charge is 0.303 e. The highest BCUT2D eigenvalue weighted by Gasteiger charge is 2.58. The third kappa shape index (κ3) is 4.69. The lowest BCUT2D eigenvalue weighted by Gasteiger charge is -2.29. The summed E-state index contributed by atoms with van der Waals surface area (Å²) in [7, 11) is 0. The average Bonchev–Trinajstić information content (AvgIpc) is 2.87. The lowest BCUT2D eigenvalue weighted by molar-refractivity contribution is -0.219. The minimum Gasteiger partial charge on any atom is -0.465 e. The molecule has 9 heteroatoms. The van der Waals surface area contributed by atoms with Crippen LogP contribution in [0.4, 0.5) is 0 Å². The number of hydrogen-bond acceptors (Lipinski definition) is 9. The molecule has 0 unspecified atom stereocenters. The van der Waals surface area contributed by atoms with Crippen LogP contribution in [0.2, 0.25) is 0 Å². The van der Waals surface area contributed by atoms with Crippen molar-refractivity contribution >= 4 is 28.8 Å². The van der Waals surface area contributed by atoms with Gasteiger partial charge in [0.25, 0.3) is 0 Å². The van der Waals surface area contributed by atoms with E-state index in [2.05, 4.69) is 0 Å². The molecule has 0 saturated carbocycles. The molecule has 2 fully saturated rings. The Balaban J connectivity index is 2.19. The SMILES string of the molecule is CC(=O)OC[C@H](SC(C)=O)[C@@H]1O[C@@H]2OC(C)(C)O[C@@H]2[C@@H]1OC(C)=O. The van der Waals surface area contributed by atoms with Gasteiger partial charge in [0.1, 0.15) is 12.7 Å². The number of thioether (sulfide) groups is 1. The first-order valence-electron chi connectivity index (χ1n) is 7.58. The zero-order valence-electron chi connectivity index (χ0n) is 14.3. The van der Waals surface area contributed by atoms with Crippen LogP contribution in [0, 0.1) is 0 Å². The zero-order chi connectivity index (χ0) is 18.1. The van der Waals surface area contributed by atoms with Gasteiger partial charge in [0.05, 0.1) is 5.25 Å². The standard InChI is InChI=1S/C15H22O8S/c1-7(16)19-6-10(24-9(3)18)11-12(20-8(2)17)13-14(21-11)23-15(4,5)22-13/h10-14H,6H2,1-5H3/t10-,11-,12+,13+,14+/m0/s1. The van der Waals surface area contributed by atoms with Gasteiger partial charge in [-0.3, -0.25) is 14.4 Å². The number of fused-ring (bicyclic) bond motifs is 1. The topological polar surface area (TPSA) is 97.4 Å². The van der Waals surface area contributed by atoms with Crippen LogP contribution in [0.25, 0.3) is 0 Å². The van der Waals surface area contributed by atoms with E-state index in [4.69, 9.17) is 23.7 Å². The second-order valence-corrected chi connectivity index (χ2v) is 7.51. The van der Waals surface area contributed by atoms with E-state index in [-0.39, 0.29) is 11.7 Å². The second-order valence-electron chi connectivity index (χ2n) is 6.09. The molecule has 0 N–H and O–H groups in total. The molecule has 2 aliphatic heterocycles. The molecular formula is C15H22O8S. The lowest BCUT2D eigenvalue weighted by atomic mass is 10.1. The molecular weight excluding hydrogens is 340 g/mol. The molecule has 136 valence electrons. The molecule has 2 saturated heterocycles. The van der Waals surface area contributed by atoms with Gasteiger partial charge >= 0.3 is 11.9 Å². The number of ether oxygens (including phenoxy) is 5.